The lowest BCUT2D eigenvalue weighted by Gasteiger charge is -2.38. The molecular weight excluding hydrogens is 160 g/mol. The van der Waals surface area contributed by atoms with Crippen LogP contribution in [0.1, 0.15) is 34.1 Å². The first-order valence-corrected chi connectivity index (χ1v) is 5.56. The average Bonchev–Trinajstić information content (AvgIpc) is 2.03. The van der Waals surface area contributed by atoms with Crippen molar-refractivity contribution >= 4 is 0 Å². The molecule has 0 saturated carbocycles. The minimum Gasteiger partial charge on any atom is -0.290 e. The Morgan fingerprint density at radius 2 is 1.77 bits per heavy atom. The lowest BCUT2D eigenvalue weighted by Crippen LogP contribution is -2.48. The summed E-state index contributed by atoms with van der Waals surface area (Å²) in [5.74, 6) is 0.798. The molecule has 1 fully saturated rings. The second-order valence-corrected chi connectivity index (χ2v) is 4.87. The lowest BCUT2D eigenvalue weighted by molar-refractivity contribution is 0.0554. The van der Waals surface area contributed by atoms with Crippen molar-refractivity contribution in [2.24, 2.45) is 5.92 Å². The molecule has 1 rings (SSSR count). The van der Waals surface area contributed by atoms with Gasteiger partial charge in [-0.2, -0.15) is 0 Å². The highest BCUT2D eigenvalue weighted by molar-refractivity contribution is 4.71. The Hall–Kier alpha value is -0.0800. The van der Waals surface area contributed by atoms with Crippen LogP contribution in [0.25, 0.3) is 0 Å². The fraction of sp³-hybridized carbons (Fsp3) is 1.00. The molecule has 0 N–H and O–H groups in total. The molecule has 0 aromatic carbocycles. The van der Waals surface area contributed by atoms with Gasteiger partial charge in [-0.15, -0.1) is 0 Å². The smallest absolute Gasteiger partial charge is 0.0508 e. The van der Waals surface area contributed by atoms with Gasteiger partial charge in [0.05, 0.1) is 6.67 Å². The SMILES string of the molecule is CC(C)CN1CCCN(C(C)C)C1. The maximum absolute atomic E-state index is 2.58. The van der Waals surface area contributed by atoms with Crippen LogP contribution in [0.4, 0.5) is 0 Å². The molecule has 1 aliphatic heterocycles. The Labute approximate surface area is 82.9 Å². The summed E-state index contributed by atoms with van der Waals surface area (Å²) < 4.78 is 0. The Bertz CT molecular complexity index is 143. The van der Waals surface area contributed by atoms with Gasteiger partial charge >= 0.3 is 0 Å². The molecule has 0 aromatic rings. The van der Waals surface area contributed by atoms with E-state index in [2.05, 4.69) is 37.5 Å². The van der Waals surface area contributed by atoms with Crippen molar-refractivity contribution in [3.8, 4) is 0 Å². The van der Waals surface area contributed by atoms with Crippen LogP contribution in [0.3, 0.4) is 0 Å². The van der Waals surface area contributed by atoms with Crippen molar-refractivity contribution < 1.29 is 0 Å². The molecule has 0 amide bonds. The van der Waals surface area contributed by atoms with E-state index >= 15 is 0 Å². The van der Waals surface area contributed by atoms with Crippen molar-refractivity contribution in [3.63, 3.8) is 0 Å². The summed E-state index contributed by atoms with van der Waals surface area (Å²) in [6, 6.07) is 0.704. The number of hydrogen-bond donors (Lipinski definition) is 0. The predicted octanol–water partition coefficient (Wildman–Crippen LogP) is 2.02. The van der Waals surface area contributed by atoms with Crippen molar-refractivity contribution in [3.05, 3.63) is 0 Å². The van der Waals surface area contributed by atoms with Gasteiger partial charge in [-0.05, 0) is 26.2 Å². The quantitative estimate of drug-likeness (QED) is 0.662. The van der Waals surface area contributed by atoms with Gasteiger partial charge in [0.2, 0.25) is 0 Å². The van der Waals surface area contributed by atoms with Crippen LogP contribution in [-0.2, 0) is 0 Å². The Morgan fingerprint density at radius 3 is 2.31 bits per heavy atom. The van der Waals surface area contributed by atoms with Gasteiger partial charge in [-0.3, -0.25) is 9.80 Å². The van der Waals surface area contributed by atoms with E-state index in [0.717, 1.165) is 5.92 Å². The molecule has 0 aromatic heterocycles. The van der Waals surface area contributed by atoms with Crippen LogP contribution in [0, 0.1) is 5.92 Å². The topological polar surface area (TPSA) is 6.48 Å². The first-order valence-electron chi connectivity index (χ1n) is 5.56. The van der Waals surface area contributed by atoms with Crippen molar-refractivity contribution in [2.75, 3.05) is 26.3 Å². The second kappa shape index (κ2) is 4.97. The van der Waals surface area contributed by atoms with Gasteiger partial charge in [0.15, 0.2) is 0 Å². The first-order chi connectivity index (χ1) is 6.09. The second-order valence-electron chi connectivity index (χ2n) is 4.87. The van der Waals surface area contributed by atoms with Crippen LogP contribution in [0.15, 0.2) is 0 Å². The maximum Gasteiger partial charge on any atom is 0.0508 e. The predicted molar refractivity (Wildman–Crippen MR) is 57.7 cm³/mol. The molecule has 0 aliphatic carbocycles. The first kappa shape index (κ1) is 11.0. The molecule has 0 radical (unpaired) electrons. The highest BCUT2D eigenvalue weighted by Gasteiger charge is 2.19. The van der Waals surface area contributed by atoms with Crippen molar-refractivity contribution in [1.29, 1.82) is 0 Å². The summed E-state index contributed by atoms with van der Waals surface area (Å²) in [6.45, 7) is 14.2. The molecular formula is C11H24N2. The minimum atomic E-state index is 0.704. The maximum atomic E-state index is 2.58. The highest BCUT2D eigenvalue weighted by atomic mass is 15.3. The summed E-state index contributed by atoms with van der Waals surface area (Å²) in [4.78, 5) is 5.14. The zero-order valence-electron chi connectivity index (χ0n) is 9.58. The van der Waals surface area contributed by atoms with Gasteiger partial charge in [-0.25, -0.2) is 0 Å². The van der Waals surface area contributed by atoms with E-state index in [4.69, 9.17) is 0 Å². The monoisotopic (exact) mass is 184 g/mol. The number of hydrogen-bond acceptors (Lipinski definition) is 2. The van der Waals surface area contributed by atoms with Gasteiger partial charge in [0, 0.05) is 25.7 Å². The van der Waals surface area contributed by atoms with Crippen molar-refractivity contribution in [1.82, 2.24) is 9.80 Å². The molecule has 0 bridgehead atoms. The largest absolute Gasteiger partial charge is 0.290 e. The summed E-state index contributed by atoms with van der Waals surface area (Å²) in [6.07, 6.45) is 1.34. The Morgan fingerprint density at radius 1 is 1.08 bits per heavy atom. The van der Waals surface area contributed by atoms with Gasteiger partial charge in [-0.1, -0.05) is 13.8 Å². The Balaban J connectivity index is 2.33. The molecule has 2 nitrogen and oxygen atoms in total. The fourth-order valence-electron chi connectivity index (χ4n) is 1.98. The van der Waals surface area contributed by atoms with Crippen molar-refractivity contribution in [2.45, 2.75) is 40.2 Å². The molecule has 13 heavy (non-hydrogen) atoms. The molecule has 0 spiro atoms. The third-order valence-electron chi connectivity index (χ3n) is 2.65. The third-order valence-corrected chi connectivity index (χ3v) is 2.65. The van der Waals surface area contributed by atoms with Crippen LogP contribution < -0.4 is 0 Å². The van der Waals surface area contributed by atoms with E-state index < -0.39 is 0 Å². The van der Waals surface area contributed by atoms with E-state index in [1.54, 1.807) is 0 Å². The Kier molecular flexibility index (Phi) is 4.20. The molecule has 2 heteroatoms. The normalized spacial score (nSPS) is 21.7. The number of nitrogens with zero attached hydrogens (tertiary/aromatic N) is 2. The van der Waals surface area contributed by atoms with Crippen LogP contribution in [0.5, 0.6) is 0 Å². The van der Waals surface area contributed by atoms with Gasteiger partial charge in [0.1, 0.15) is 0 Å². The fourth-order valence-corrected chi connectivity index (χ4v) is 1.98. The lowest BCUT2D eigenvalue weighted by atomic mass is 10.2. The van der Waals surface area contributed by atoms with Gasteiger partial charge < -0.3 is 0 Å². The summed E-state index contributed by atoms with van der Waals surface area (Å²) in [5, 5.41) is 0. The molecule has 78 valence electrons. The van der Waals surface area contributed by atoms with Gasteiger partial charge in [0.25, 0.3) is 0 Å². The average molecular weight is 184 g/mol. The van der Waals surface area contributed by atoms with E-state index in [9.17, 15) is 0 Å². The zero-order chi connectivity index (χ0) is 9.84. The zero-order valence-corrected chi connectivity index (χ0v) is 9.58. The third kappa shape index (κ3) is 3.65. The van der Waals surface area contributed by atoms with Crippen LogP contribution in [0.2, 0.25) is 0 Å². The highest BCUT2D eigenvalue weighted by Crippen LogP contribution is 2.10. The van der Waals surface area contributed by atoms with Crippen LogP contribution in [-0.4, -0.2) is 42.1 Å². The van der Waals surface area contributed by atoms with E-state index in [0.29, 0.717) is 6.04 Å². The summed E-state index contributed by atoms with van der Waals surface area (Å²) >= 11 is 0. The molecule has 0 atom stereocenters. The van der Waals surface area contributed by atoms with E-state index in [1.807, 2.05) is 0 Å². The molecule has 1 saturated heterocycles. The van der Waals surface area contributed by atoms with E-state index in [1.165, 1.54) is 32.7 Å². The standard InChI is InChI=1S/C11H24N2/c1-10(2)8-12-6-5-7-13(9-12)11(3)4/h10-11H,5-9H2,1-4H3. The minimum absolute atomic E-state index is 0.704. The number of rotatable bonds is 3. The molecule has 1 aliphatic rings. The molecule has 1 heterocycles. The summed E-state index contributed by atoms with van der Waals surface area (Å²) in [5.41, 5.74) is 0. The summed E-state index contributed by atoms with van der Waals surface area (Å²) in [7, 11) is 0. The molecule has 0 unspecified atom stereocenters. The van der Waals surface area contributed by atoms with E-state index in [-0.39, 0.29) is 0 Å². The van der Waals surface area contributed by atoms with Crippen LogP contribution >= 0.6 is 0 Å².